The maximum Gasteiger partial charge on any atom is 0.262 e. The van der Waals surface area contributed by atoms with Crippen LogP contribution in [0.1, 0.15) is 22.8 Å². The van der Waals surface area contributed by atoms with Crippen molar-refractivity contribution in [2.75, 3.05) is 16.8 Å². The molecule has 24 heavy (non-hydrogen) atoms. The molecule has 0 bridgehead atoms. The molecule has 0 unspecified atom stereocenters. The molecular formula is C17H14F2N2O3. The highest BCUT2D eigenvalue weighted by Gasteiger charge is 2.23. The van der Waals surface area contributed by atoms with Crippen LogP contribution in [0, 0.1) is 11.6 Å². The first-order chi connectivity index (χ1) is 11.4. The minimum absolute atomic E-state index is 0.0659. The number of carbonyl (C=O) groups is 2. The number of rotatable bonds is 2. The Bertz CT molecular complexity index is 829. The fraction of sp³-hybridized carbons (Fsp3) is 0.176. The van der Waals surface area contributed by atoms with Gasteiger partial charge in [0.2, 0.25) is 5.91 Å². The van der Waals surface area contributed by atoms with Gasteiger partial charge in [-0.3, -0.25) is 9.59 Å². The molecule has 124 valence electrons. The van der Waals surface area contributed by atoms with E-state index in [2.05, 4.69) is 5.32 Å². The monoisotopic (exact) mass is 332 g/mol. The molecule has 2 aromatic carbocycles. The van der Waals surface area contributed by atoms with Crippen molar-refractivity contribution in [3.8, 4) is 5.75 Å². The summed E-state index contributed by atoms with van der Waals surface area (Å²) >= 11 is 0. The van der Waals surface area contributed by atoms with Gasteiger partial charge in [-0.15, -0.1) is 0 Å². The Morgan fingerprint density at radius 1 is 1.21 bits per heavy atom. The van der Waals surface area contributed by atoms with Gasteiger partial charge in [-0.2, -0.15) is 0 Å². The van der Waals surface area contributed by atoms with Crippen LogP contribution in [0.3, 0.4) is 0 Å². The maximum atomic E-state index is 13.7. The van der Waals surface area contributed by atoms with E-state index in [1.165, 1.54) is 6.92 Å². The number of hydrogen-bond donors (Lipinski definition) is 2. The second-order valence-electron chi connectivity index (χ2n) is 5.50. The van der Waals surface area contributed by atoms with Crippen LogP contribution < -0.4 is 10.2 Å². The summed E-state index contributed by atoms with van der Waals surface area (Å²) in [5.74, 6) is -3.83. The first-order valence-electron chi connectivity index (χ1n) is 7.27. The molecule has 0 fully saturated rings. The molecule has 0 saturated carbocycles. The fourth-order valence-electron chi connectivity index (χ4n) is 2.78. The third-order valence-electron chi connectivity index (χ3n) is 3.87. The molecule has 2 N–H and O–H groups in total. The van der Waals surface area contributed by atoms with E-state index in [1.807, 2.05) is 0 Å². The summed E-state index contributed by atoms with van der Waals surface area (Å²) in [7, 11) is 0. The van der Waals surface area contributed by atoms with E-state index in [0.29, 0.717) is 30.8 Å². The number of nitrogens with one attached hydrogen (secondary N) is 1. The molecule has 1 aliphatic heterocycles. The average molecular weight is 332 g/mol. The number of phenols is 1. The Hall–Kier alpha value is -2.96. The van der Waals surface area contributed by atoms with Gasteiger partial charge < -0.3 is 15.3 Å². The lowest BCUT2D eigenvalue weighted by Crippen LogP contribution is -2.25. The molecule has 0 aliphatic carbocycles. The van der Waals surface area contributed by atoms with Crippen molar-refractivity contribution in [1.29, 1.82) is 0 Å². The lowest BCUT2D eigenvalue weighted by Gasteiger charge is -2.15. The highest BCUT2D eigenvalue weighted by atomic mass is 19.1. The molecular weight excluding hydrogens is 318 g/mol. The van der Waals surface area contributed by atoms with Crippen LogP contribution in [0.2, 0.25) is 0 Å². The molecule has 2 amide bonds. The van der Waals surface area contributed by atoms with Crippen LogP contribution in [-0.4, -0.2) is 23.5 Å². The van der Waals surface area contributed by atoms with Crippen LogP contribution in [0.15, 0.2) is 30.3 Å². The molecule has 1 heterocycles. The Kier molecular flexibility index (Phi) is 3.92. The summed E-state index contributed by atoms with van der Waals surface area (Å²) in [6.45, 7) is 2.04. The van der Waals surface area contributed by atoms with E-state index >= 15 is 0 Å². The maximum absolute atomic E-state index is 13.7. The van der Waals surface area contributed by atoms with E-state index in [1.54, 1.807) is 23.1 Å². The first kappa shape index (κ1) is 15.9. The lowest BCUT2D eigenvalue weighted by molar-refractivity contribution is -0.116. The number of phenolic OH excluding ortho intramolecular Hbond substituents is 1. The molecule has 7 heteroatoms. The van der Waals surface area contributed by atoms with Gasteiger partial charge in [0.05, 0.1) is 0 Å². The summed E-state index contributed by atoms with van der Waals surface area (Å²) in [6.07, 6.45) is 0.648. The fourth-order valence-corrected chi connectivity index (χ4v) is 2.78. The number of fused-ring (bicyclic) bond motifs is 1. The molecule has 0 saturated heterocycles. The van der Waals surface area contributed by atoms with Gasteiger partial charge in [0.25, 0.3) is 5.91 Å². The number of amides is 2. The van der Waals surface area contributed by atoms with E-state index in [4.69, 9.17) is 0 Å². The zero-order chi connectivity index (χ0) is 17.4. The van der Waals surface area contributed by atoms with E-state index < -0.39 is 28.9 Å². The summed E-state index contributed by atoms with van der Waals surface area (Å²) in [5.41, 5.74) is 1.43. The summed E-state index contributed by atoms with van der Waals surface area (Å²) in [6, 6.07) is 6.17. The van der Waals surface area contributed by atoms with Crippen molar-refractivity contribution in [2.24, 2.45) is 0 Å². The standard InChI is InChI=1S/C17H14F2N2O3/c1-9(22)21-5-4-10-6-12(2-3-14(10)21)20-17(24)16-13(19)7-11(18)8-15(16)23/h2-3,6-8,23H,4-5H2,1H3,(H,20,24). The van der Waals surface area contributed by atoms with Gasteiger partial charge in [-0.25, -0.2) is 8.78 Å². The zero-order valence-corrected chi connectivity index (χ0v) is 12.8. The van der Waals surface area contributed by atoms with Crippen LogP contribution in [0.5, 0.6) is 5.75 Å². The van der Waals surface area contributed by atoms with E-state index in [-0.39, 0.29) is 5.91 Å². The molecule has 0 atom stereocenters. The summed E-state index contributed by atoms with van der Waals surface area (Å²) < 4.78 is 26.7. The molecule has 0 radical (unpaired) electrons. The Morgan fingerprint density at radius 3 is 2.62 bits per heavy atom. The summed E-state index contributed by atoms with van der Waals surface area (Å²) in [4.78, 5) is 25.3. The van der Waals surface area contributed by atoms with Gasteiger partial charge in [0.1, 0.15) is 22.9 Å². The number of hydrogen-bond acceptors (Lipinski definition) is 3. The second-order valence-corrected chi connectivity index (χ2v) is 5.50. The Balaban J connectivity index is 1.85. The Morgan fingerprint density at radius 2 is 1.96 bits per heavy atom. The minimum Gasteiger partial charge on any atom is -0.507 e. The first-order valence-corrected chi connectivity index (χ1v) is 7.27. The summed E-state index contributed by atoms with van der Waals surface area (Å²) in [5, 5.41) is 12.1. The number of aromatic hydroxyl groups is 1. The number of benzene rings is 2. The number of nitrogens with zero attached hydrogens (tertiary/aromatic N) is 1. The van der Waals surface area contributed by atoms with Crippen LogP contribution >= 0.6 is 0 Å². The van der Waals surface area contributed by atoms with Crippen LogP contribution in [-0.2, 0) is 11.2 Å². The average Bonchev–Trinajstić information content (AvgIpc) is 2.89. The number of halogens is 2. The molecule has 3 rings (SSSR count). The molecule has 0 aromatic heterocycles. The van der Waals surface area contributed by atoms with Crippen LogP contribution in [0.4, 0.5) is 20.2 Å². The van der Waals surface area contributed by atoms with Crippen LogP contribution in [0.25, 0.3) is 0 Å². The van der Waals surface area contributed by atoms with Gasteiger partial charge in [-0.1, -0.05) is 0 Å². The van der Waals surface area contributed by atoms with Gasteiger partial charge in [0, 0.05) is 37.0 Å². The van der Waals surface area contributed by atoms with Crippen molar-refractivity contribution < 1.29 is 23.5 Å². The second kappa shape index (κ2) is 5.92. The largest absolute Gasteiger partial charge is 0.507 e. The minimum atomic E-state index is -1.14. The Labute approximate surface area is 136 Å². The van der Waals surface area contributed by atoms with Gasteiger partial charge in [0.15, 0.2) is 0 Å². The normalized spacial score (nSPS) is 12.9. The van der Waals surface area contributed by atoms with Crippen molar-refractivity contribution >= 4 is 23.2 Å². The number of anilines is 2. The number of carbonyl (C=O) groups excluding carboxylic acids is 2. The molecule has 5 nitrogen and oxygen atoms in total. The SMILES string of the molecule is CC(=O)N1CCc2cc(NC(=O)c3c(O)cc(F)cc3F)ccc21. The molecule has 0 spiro atoms. The third kappa shape index (κ3) is 2.80. The quantitative estimate of drug-likeness (QED) is 0.888. The smallest absolute Gasteiger partial charge is 0.262 e. The van der Waals surface area contributed by atoms with Crippen molar-refractivity contribution in [3.63, 3.8) is 0 Å². The van der Waals surface area contributed by atoms with E-state index in [9.17, 15) is 23.5 Å². The highest BCUT2D eigenvalue weighted by Crippen LogP contribution is 2.31. The predicted octanol–water partition coefficient (Wildman–Crippen LogP) is 2.83. The molecule has 1 aliphatic rings. The lowest BCUT2D eigenvalue weighted by atomic mass is 10.1. The highest BCUT2D eigenvalue weighted by molar-refractivity contribution is 6.06. The van der Waals surface area contributed by atoms with Crippen molar-refractivity contribution in [1.82, 2.24) is 0 Å². The van der Waals surface area contributed by atoms with Crippen molar-refractivity contribution in [3.05, 3.63) is 53.1 Å². The van der Waals surface area contributed by atoms with Crippen molar-refractivity contribution in [2.45, 2.75) is 13.3 Å². The molecule has 2 aromatic rings. The zero-order valence-electron chi connectivity index (χ0n) is 12.8. The third-order valence-corrected chi connectivity index (χ3v) is 3.87. The van der Waals surface area contributed by atoms with E-state index in [0.717, 1.165) is 11.3 Å². The van der Waals surface area contributed by atoms with Gasteiger partial charge in [-0.05, 0) is 30.2 Å². The topological polar surface area (TPSA) is 69.6 Å². The predicted molar refractivity (Wildman–Crippen MR) is 84.1 cm³/mol. The van der Waals surface area contributed by atoms with Gasteiger partial charge >= 0.3 is 0 Å².